The molecule has 0 N–H and O–H groups in total. The molecule has 24 heavy (non-hydrogen) atoms. The van der Waals surface area contributed by atoms with Crippen molar-refractivity contribution in [2.24, 2.45) is 0 Å². The van der Waals surface area contributed by atoms with E-state index in [1.807, 2.05) is 0 Å². The molecule has 0 aliphatic carbocycles. The average Bonchev–Trinajstić information content (AvgIpc) is 2.33. The molecule has 0 spiro atoms. The van der Waals surface area contributed by atoms with Gasteiger partial charge in [0.15, 0.2) is 0 Å². The summed E-state index contributed by atoms with van der Waals surface area (Å²) in [4.78, 5) is 0. The molecule has 146 valence electrons. The van der Waals surface area contributed by atoms with E-state index in [-0.39, 0.29) is 6.92 Å². The van der Waals surface area contributed by atoms with Gasteiger partial charge in [-0.25, -0.2) is 20.5 Å². The minimum Gasteiger partial charge on any atom is -0.333 e. The van der Waals surface area contributed by atoms with Gasteiger partial charge in [0.05, 0.1) is 0 Å². The van der Waals surface area contributed by atoms with Crippen LogP contribution in [0.1, 0.15) is 19.8 Å². The summed E-state index contributed by atoms with van der Waals surface area (Å²) in [6.45, 7) is 0.283. The summed E-state index contributed by atoms with van der Waals surface area (Å²) in [5.41, 5.74) is 0. The molecular formula is C8H9F13OSi2. The van der Waals surface area contributed by atoms with Crippen molar-refractivity contribution in [3.05, 3.63) is 0 Å². The van der Waals surface area contributed by atoms with Crippen LogP contribution in [-0.2, 0) is 4.12 Å². The first kappa shape index (κ1) is 23.5. The smallest absolute Gasteiger partial charge is 0.333 e. The molecule has 0 fully saturated rings. The van der Waals surface area contributed by atoms with E-state index in [2.05, 4.69) is 4.12 Å². The van der Waals surface area contributed by atoms with E-state index in [1.54, 1.807) is 0 Å². The fraction of sp³-hybridized carbons (Fsp3) is 1.00. The van der Waals surface area contributed by atoms with Crippen LogP contribution in [0.2, 0.25) is 6.04 Å². The third-order valence-electron chi connectivity index (χ3n) is 2.75. The van der Waals surface area contributed by atoms with Crippen molar-refractivity contribution in [2.45, 2.75) is 49.5 Å². The molecule has 0 aromatic carbocycles. The summed E-state index contributed by atoms with van der Waals surface area (Å²) < 4.78 is 167. The highest BCUT2D eigenvalue weighted by atomic mass is 28.5. The molecule has 0 amide bonds. The summed E-state index contributed by atoms with van der Waals surface area (Å²) >= 11 is 0. The van der Waals surface area contributed by atoms with Crippen molar-refractivity contribution >= 4 is 18.3 Å². The van der Waals surface area contributed by atoms with Gasteiger partial charge in [0, 0.05) is 18.9 Å². The standard InChI is InChI=1S/C8H9F13OSi2/c1-2-5(9,10)7(13,14)8(15,16)6(11,12)3-4-23(17,18)22-24(19,20)21/h2-4H2,1H3. The lowest BCUT2D eigenvalue weighted by Crippen LogP contribution is -2.62. The Kier molecular flexibility index (Phi) is 6.51. The summed E-state index contributed by atoms with van der Waals surface area (Å²) in [6, 6.07) is -2.60. The van der Waals surface area contributed by atoms with E-state index >= 15 is 0 Å². The quantitative estimate of drug-likeness (QED) is 0.267. The second-order valence-electron chi connectivity index (χ2n) is 4.60. The van der Waals surface area contributed by atoms with E-state index in [9.17, 15) is 55.7 Å². The van der Waals surface area contributed by atoms with Crippen molar-refractivity contribution in [1.82, 2.24) is 0 Å². The van der Waals surface area contributed by atoms with Crippen LogP contribution < -0.4 is 0 Å². The number of alkyl halides is 8. The summed E-state index contributed by atoms with van der Waals surface area (Å²) in [6.07, 6.45) is -4.86. The molecule has 0 radical (unpaired) electrons. The van der Waals surface area contributed by atoms with Crippen LogP contribution in [0.4, 0.5) is 55.7 Å². The number of hydrogen-bond donors (Lipinski definition) is 0. The number of halogens is 13. The van der Waals surface area contributed by atoms with Gasteiger partial charge in [-0.3, -0.25) is 0 Å². The highest BCUT2D eigenvalue weighted by Gasteiger charge is 2.79. The molecular weight excluding hydrogens is 415 g/mol. The minimum absolute atomic E-state index is 0.283. The molecule has 0 heterocycles. The van der Waals surface area contributed by atoms with Crippen LogP contribution >= 0.6 is 0 Å². The fourth-order valence-corrected chi connectivity index (χ4v) is 3.73. The van der Waals surface area contributed by atoms with Gasteiger partial charge in [0.25, 0.3) is 0 Å². The number of hydrogen-bond acceptors (Lipinski definition) is 1. The molecule has 0 aliphatic rings. The summed E-state index contributed by atoms with van der Waals surface area (Å²) in [5, 5.41) is 0. The summed E-state index contributed by atoms with van der Waals surface area (Å²) in [7, 11) is -14.3. The van der Waals surface area contributed by atoms with Crippen LogP contribution in [0, 0.1) is 0 Å². The maximum Gasteiger partial charge on any atom is 0.795 e. The third-order valence-corrected chi connectivity index (χ3v) is 5.70. The van der Waals surface area contributed by atoms with Crippen LogP contribution in [0.5, 0.6) is 0 Å². The summed E-state index contributed by atoms with van der Waals surface area (Å²) in [5.74, 6) is -25.1. The van der Waals surface area contributed by atoms with E-state index in [1.165, 1.54) is 0 Å². The molecule has 0 atom stereocenters. The first-order valence-electron chi connectivity index (χ1n) is 5.88. The zero-order valence-corrected chi connectivity index (χ0v) is 13.4. The Morgan fingerprint density at radius 2 is 1.08 bits per heavy atom. The molecule has 0 aromatic rings. The van der Waals surface area contributed by atoms with Gasteiger partial charge < -0.3 is 4.12 Å². The molecule has 0 aromatic heterocycles. The topological polar surface area (TPSA) is 9.23 Å². The Labute approximate surface area is 128 Å². The minimum atomic E-state index is -7.40. The zero-order valence-electron chi connectivity index (χ0n) is 11.4. The van der Waals surface area contributed by atoms with Crippen LogP contribution in [0.25, 0.3) is 0 Å². The van der Waals surface area contributed by atoms with E-state index in [4.69, 9.17) is 0 Å². The maximum atomic E-state index is 13.1. The lowest BCUT2D eigenvalue weighted by atomic mass is 9.96. The second kappa shape index (κ2) is 6.66. The molecule has 0 bridgehead atoms. The second-order valence-corrected chi connectivity index (χ2v) is 8.08. The Balaban J connectivity index is 5.37. The molecule has 0 rings (SSSR count). The Bertz CT molecular complexity index is 432. The molecule has 16 heteroatoms. The predicted octanol–water partition coefficient (Wildman–Crippen LogP) is 5.57. The van der Waals surface area contributed by atoms with Crippen molar-refractivity contribution in [3.8, 4) is 0 Å². The van der Waals surface area contributed by atoms with Crippen molar-refractivity contribution in [2.75, 3.05) is 0 Å². The third kappa shape index (κ3) is 4.99. The predicted molar refractivity (Wildman–Crippen MR) is 57.6 cm³/mol. The SMILES string of the molecule is CCC(F)(F)C(F)(F)C(F)(F)C(F)(F)CC[Si](F)(F)O[Si](F)(F)F. The van der Waals surface area contributed by atoms with E-state index in [0.717, 1.165) is 0 Å². The van der Waals surface area contributed by atoms with Gasteiger partial charge in [-0.2, -0.15) is 35.1 Å². The Morgan fingerprint density at radius 1 is 0.708 bits per heavy atom. The fourth-order valence-electron chi connectivity index (χ4n) is 1.36. The highest BCUT2D eigenvalue weighted by Crippen LogP contribution is 2.55. The monoisotopic (exact) mass is 424 g/mol. The van der Waals surface area contributed by atoms with E-state index < -0.39 is 60.9 Å². The van der Waals surface area contributed by atoms with E-state index in [0.29, 0.717) is 0 Å². The van der Waals surface area contributed by atoms with Crippen molar-refractivity contribution in [1.29, 1.82) is 0 Å². The zero-order chi connectivity index (χ0) is 19.8. The highest BCUT2D eigenvalue weighted by molar-refractivity contribution is 6.70. The Hall–Kier alpha value is -0.516. The lowest BCUT2D eigenvalue weighted by Gasteiger charge is -2.36. The molecule has 0 unspecified atom stereocenters. The van der Waals surface area contributed by atoms with Crippen molar-refractivity contribution < 1.29 is 59.8 Å². The van der Waals surface area contributed by atoms with Gasteiger partial charge in [0.2, 0.25) is 0 Å². The maximum absolute atomic E-state index is 13.1. The van der Waals surface area contributed by atoms with Crippen molar-refractivity contribution in [3.63, 3.8) is 0 Å². The number of rotatable bonds is 9. The van der Waals surface area contributed by atoms with Gasteiger partial charge in [0.1, 0.15) is 0 Å². The van der Waals surface area contributed by atoms with Gasteiger partial charge in [-0.15, -0.1) is 0 Å². The molecule has 0 aliphatic heterocycles. The largest absolute Gasteiger partial charge is 0.795 e. The van der Waals surface area contributed by atoms with Gasteiger partial charge >= 0.3 is 42.0 Å². The molecule has 1 nitrogen and oxygen atoms in total. The Morgan fingerprint density at radius 3 is 1.42 bits per heavy atom. The first-order chi connectivity index (χ1) is 10.2. The average molecular weight is 424 g/mol. The van der Waals surface area contributed by atoms with Crippen LogP contribution in [-0.4, -0.2) is 42.0 Å². The molecule has 0 saturated carbocycles. The van der Waals surface area contributed by atoms with Gasteiger partial charge in [-0.05, 0) is 0 Å². The van der Waals surface area contributed by atoms with Crippen LogP contribution in [0.3, 0.4) is 0 Å². The van der Waals surface area contributed by atoms with Crippen LogP contribution in [0.15, 0.2) is 0 Å². The lowest BCUT2D eigenvalue weighted by molar-refractivity contribution is -0.366. The molecule has 0 saturated heterocycles. The normalized spacial score (nSPS) is 15.8. The first-order valence-corrected chi connectivity index (χ1v) is 9.30. The van der Waals surface area contributed by atoms with Gasteiger partial charge in [-0.1, -0.05) is 6.92 Å².